The fourth-order valence-electron chi connectivity index (χ4n) is 0.164. The Labute approximate surface area is 39.6 Å². The Hall–Kier alpha value is -0.470. The summed E-state index contributed by atoms with van der Waals surface area (Å²) in [6, 6.07) is 0. The molecule has 0 rings (SSSR count). The van der Waals surface area contributed by atoms with Gasteiger partial charge in [0.1, 0.15) is 0 Å². The molecular weight excluding hydrogens is 107 g/mol. The van der Waals surface area contributed by atoms with Crippen LogP contribution in [0.2, 0.25) is 0 Å². The summed E-state index contributed by atoms with van der Waals surface area (Å²) in [4.78, 5) is 0. The number of hydrogen-bond acceptors (Lipinski definition) is 0. The first-order valence-electron chi connectivity index (χ1n) is 1.74. The monoisotopic (exact) mass is 112 g/mol. The summed E-state index contributed by atoms with van der Waals surface area (Å²) in [6.45, 7) is 2.93. The summed E-state index contributed by atoms with van der Waals surface area (Å²) in [5.74, 6) is 0. The van der Waals surface area contributed by atoms with Crippen molar-refractivity contribution in [2.24, 2.45) is 0 Å². The molecule has 0 aliphatic carbocycles. The van der Waals surface area contributed by atoms with Gasteiger partial charge in [-0.15, -0.1) is 6.58 Å². The van der Waals surface area contributed by atoms with Crippen LogP contribution in [0.4, 0.5) is 13.2 Å². The molecule has 0 heterocycles. The molecule has 0 nitrogen and oxygen atoms in total. The van der Waals surface area contributed by atoms with E-state index in [4.69, 9.17) is 0 Å². The quantitative estimate of drug-likeness (QED) is 0.456. The summed E-state index contributed by atoms with van der Waals surface area (Å²) in [5.41, 5.74) is 0. The average molecular weight is 112 g/mol. The molecule has 42 valence electrons. The molecule has 0 bridgehead atoms. The lowest BCUT2D eigenvalue weighted by Gasteiger charge is -1.97. The third kappa shape index (κ3) is 5.53. The molecule has 0 fully saturated rings. The minimum absolute atomic E-state index is 0.833. The fourth-order valence-corrected chi connectivity index (χ4v) is 0.164. The normalized spacial score (nSPS) is 11.3. The van der Waals surface area contributed by atoms with Crippen molar-refractivity contribution in [1.82, 2.24) is 0 Å². The van der Waals surface area contributed by atoms with Crippen LogP contribution in [0.15, 0.2) is 12.7 Å². The molecule has 0 unspecified atom stereocenters. The largest absolute Gasteiger partial charge is 0.392 e. The molecule has 7 heavy (non-hydrogen) atoms. The highest BCUT2D eigenvalue weighted by Crippen LogP contribution is 2.18. The van der Waals surface area contributed by atoms with Gasteiger partial charge in [-0.3, -0.25) is 0 Å². The van der Waals surface area contributed by atoms with Crippen LogP contribution in [0, 0.1) is 0 Å². The Bertz CT molecular complexity index is 61.8. The highest BCUT2D eigenvalue weighted by atomic mass is 19.6. The van der Waals surface area contributed by atoms with Gasteiger partial charge in [-0.25, -0.2) is 0 Å². The minimum Gasteiger partial charge on any atom is -0.171 e. The van der Waals surface area contributed by atoms with E-state index in [1.807, 2.05) is 0 Å². The molecule has 0 aromatic rings. The molecule has 0 saturated carbocycles. The molecule has 0 N–H and O–H groups in total. The molecule has 0 radical (unpaired) electrons. The maximum Gasteiger partial charge on any atom is 0.392 e. The van der Waals surface area contributed by atoms with Crippen molar-refractivity contribution in [3.8, 4) is 0 Å². The van der Waals surface area contributed by atoms with E-state index in [1.165, 1.54) is 0 Å². The Morgan fingerprint density at radius 2 is 1.86 bits per heavy atom. The third-order valence-corrected chi connectivity index (χ3v) is 0.376. The van der Waals surface area contributed by atoms with Crippen LogP contribution in [-0.2, 0) is 0 Å². The van der Waals surface area contributed by atoms with E-state index in [0.29, 0.717) is 0 Å². The number of hydrogen-bond donors (Lipinski definition) is 0. The molecule has 0 aromatic heterocycles. The van der Waals surface area contributed by atoms with E-state index < -0.39 is 12.6 Å². The molecule has 0 saturated heterocycles. The third-order valence-electron chi connectivity index (χ3n) is 0.376. The smallest absolute Gasteiger partial charge is 0.171 e. The number of halogens is 3. The lowest BCUT2D eigenvalue weighted by atomic mass is 10.7. The number of allylic oxidation sites excluding steroid dienone is 1. The zero-order valence-corrected chi connectivity index (χ0v) is 3.63. The van der Waals surface area contributed by atoms with Crippen LogP contribution in [0.1, 0.15) is 6.42 Å². The van der Waals surface area contributed by atoms with Gasteiger partial charge >= 0.3 is 6.18 Å². The van der Waals surface area contributed by atoms with Gasteiger partial charge in [0.05, 0.1) is 6.42 Å². The Morgan fingerprint density at radius 1 is 1.43 bits per heavy atom. The zero-order chi connectivity index (χ0) is 5.91. The maximum atomic E-state index is 11.0. The van der Waals surface area contributed by atoms with Crippen LogP contribution in [0.5, 0.6) is 0 Å². The van der Waals surface area contributed by atoms with E-state index in [-0.39, 0.29) is 0 Å². The second-order valence-corrected chi connectivity index (χ2v) is 1.11. The molecule has 0 atom stereocenters. The van der Waals surface area contributed by atoms with Crippen molar-refractivity contribution in [1.29, 1.82) is 0 Å². The topological polar surface area (TPSA) is 0 Å². The van der Waals surface area contributed by atoms with E-state index in [1.54, 1.807) is 0 Å². The van der Waals surface area contributed by atoms with Gasteiger partial charge in [0.15, 0.2) is 0 Å². The van der Waals surface area contributed by atoms with Gasteiger partial charge in [0.25, 0.3) is 0 Å². The first-order valence-corrected chi connectivity index (χ1v) is 1.74. The second-order valence-electron chi connectivity index (χ2n) is 1.11. The molecular formula is C4H5F3. The number of rotatable bonds is 1. The van der Waals surface area contributed by atoms with Gasteiger partial charge in [-0.1, -0.05) is 6.08 Å². The van der Waals surface area contributed by atoms with Crippen molar-refractivity contribution in [3.63, 3.8) is 0 Å². The second kappa shape index (κ2) is 2.00. The minimum atomic E-state index is -4.07. The van der Waals surface area contributed by atoms with Gasteiger partial charge in [-0.05, 0) is 0 Å². The molecule has 3 heteroatoms. The summed E-state index contributed by atoms with van der Waals surface area (Å²) in [7, 11) is 0. The van der Waals surface area contributed by atoms with Crippen LogP contribution < -0.4 is 0 Å². The van der Waals surface area contributed by atoms with Gasteiger partial charge < -0.3 is 0 Å². The SMILES string of the molecule is C=CC[14C](F)(F)F. The first-order chi connectivity index (χ1) is 3.06. The van der Waals surface area contributed by atoms with Crippen molar-refractivity contribution in [2.75, 3.05) is 0 Å². The van der Waals surface area contributed by atoms with E-state index in [0.717, 1.165) is 6.08 Å². The summed E-state index contributed by atoms with van der Waals surface area (Å²) in [5, 5.41) is 0. The lowest BCUT2D eigenvalue weighted by Crippen LogP contribution is -2.03. The molecule has 0 aliphatic heterocycles. The van der Waals surface area contributed by atoms with E-state index in [9.17, 15) is 13.2 Å². The molecule has 0 aromatic carbocycles. The number of alkyl halides is 3. The summed E-state index contributed by atoms with van der Waals surface area (Å²) >= 11 is 0. The van der Waals surface area contributed by atoms with Crippen LogP contribution in [0.3, 0.4) is 0 Å². The van der Waals surface area contributed by atoms with E-state index >= 15 is 0 Å². The zero-order valence-electron chi connectivity index (χ0n) is 3.63. The average Bonchev–Trinajstić information content (AvgIpc) is 1.30. The summed E-state index contributed by atoms with van der Waals surface area (Å²) < 4.78 is 33.0. The van der Waals surface area contributed by atoms with Crippen LogP contribution in [-0.4, -0.2) is 6.18 Å². The Morgan fingerprint density at radius 3 is 1.86 bits per heavy atom. The van der Waals surface area contributed by atoms with Crippen molar-refractivity contribution >= 4 is 0 Å². The van der Waals surface area contributed by atoms with E-state index in [2.05, 4.69) is 6.58 Å². The van der Waals surface area contributed by atoms with Crippen molar-refractivity contribution in [3.05, 3.63) is 12.7 Å². The van der Waals surface area contributed by atoms with Crippen LogP contribution >= 0.6 is 0 Å². The van der Waals surface area contributed by atoms with Gasteiger partial charge in [0, 0.05) is 0 Å². The predicted molar refractivity (Wildman–Crippen MR) is 20.9 cm³/mol. The standard InChI is InChI=1S/C4H5F3/c1-2-3-4(5,6)7/h2H,1,3H2/i4+2. The van der Waals surface area contributed by atoms with Gasteiger partial charge in [-0.2, -0.15) is 13.2 Å². The van der Waals surface area contributed by atoms with Crippen LogP contribution in [0.25, 0.3) is 0 Å². The van der Waals surface area contributed by atoms with Crippen molar-refractivity contribution < 1.29 is 13.2 Å². The fraction of sp³-hybridized carbons (Fsp3) is 0.500. The molecule has 0 spiro atoms. The maximum absolute atomic E-state index is 11.0. The molecule has 0 amide bonds. The molecule has 0 aliphatic rings. The lowest BCUT2D eigenvalue weighted by molar-refractivity contribution is -0.124. The highest BCUT2D eigenvalue weighted by Gasteiger charge is 2.23. The highest BCUT2D eigenvalue weighted by molar-refractivity contribution is 4.70. The van der Waals surface area contributed by atoms with Gasteiger partial charge in [0.2, 0.25) is 0 Å². The summed E-state index contributed by atoms with van der Waals surface area (Å²) in [6.07, 6.45) is -4.13. The Balaban J connectivity index is 3.34. The predicted octanol–water partition coefficient (Wildman–Crippen LogP) is 2.12. The van der Waals surface area contributed by atoms with Crippen molar-refractivity contribution in [2.45, 2.75) is 12.6 Å². The Kier molecular flexibility index (Phi) is 1.87. The first kappa shape index (κ1) is 6.53.